The topological polar surface area (TPSA) is 82.6 Å². The maximum absolute atomic E-state index is 13.4. The molecule has 9 heteroatoms. The third-order valence-corrected chi connectivity index (χ3v) is 6.29. The molecule has 5 rings (SSSR count). The van der Waals surface area contributed by atoms with Crippen LogP contribution in [0.5, 0.6) is 5.88 Å². The van der Waals surface area contributed by atoms with Crippen LogP contribution >= 0.6 is 0 Å². The van der Waals surface area contributed by atoms with Crippen molar-refractivity contribution in [3.05, 3.63) is 59.2 Å². The number of halogens is 2. The van der Waals surface area contributed by atoms with Gasteiger partial charge in [-0.2, -0.15) is 0 Å². The van der Waals surface area contributed by atoms with E-state index in [9.17, 15) is 13.6 Å². The third kappa shape index (κ3) is 3.92. The number of ether oxygens (including phenoxy) is 3. The number of alkyl halides is 2. The Hall–Kier alpha value is -3.49. The molecule has 0 radical (unpaired) electrons. The highest BCUT2D eigenvalue weighted by Gasteiger charge is 2.55. The van der Waals surface area contributed by atoms with Gasteiger partial charge >= 0.3 is 6.29 Å². The van der Waals surface area contributed by atoms with Crippen LogP contribution in [0.15, 0.2) is 53.6 Å². The third-order valence-electron chi connectivity index (χ3n) is 6.29. The molecule has 2 aliphatic carbocycles. The zero-order chi connectivity index (χ0) is 23.2. The summed E-state index contributed by atoms with van der Waals surface area (Å²) in [5, 5.41) is 2.93. The minimum atomic E-state index is -3.65. The fraction of sp³-hybridized carbons (Fsp3) is 0.375. The highest BCUT2D eigenvalue weighted by atomic mass is 19.3. The number of hydrogen-bond donors (Lipinski definition) is 1. The van der Waals surface area contributed by atoms with Crippen molar-refractivity contribution in [2.45, 2.75) is 45.3 Å². The van der Waals surface area contributed by atoms with Gasteiger partial charge in [-0.1, -0.05) is 18.6 Å². The zero-order valence-electron chi connectivity index (χ0n) is 18.3. The van der Waals surface area contributed by atoms with Crippen molar-refractivity contribution in [2.24, 2.45) is 5.41 Å². The first-order valence-electron chi connectivity index (χ1n) is 10.9. The Labute approximate surface area is 189 Å². The molecule has 0 unspecified atom stereocenters. The second-order valence-corrected chi connectivity index (χ2v) is 8.31. The molecule has 0 aromatic carbocycles. The van der Waals surface area contributed by atoms with Gasteiger partial charge < -0.3 is 19.5 Å². The lowest BCUT2D eigenvalue weighted by molar-refractivity contribution is -0.336. The van der Waals surface area contributed by atoms with E-state index in [1.54, 1.807) is 25.4 Å². The lowest BCUT2D eigenvalue weighted by Gasteiger charge is -2.21. The summed E-state index contributed by atoms with van der Waals surface area (Å²) in [6.07, 6.45) is 2.39. The molecule has 1 aliphatic heterocycles. The van der Waals surface area contributed by atoms with E-state index in [-0.39, 0.29) is 23.8 Å². The average molecular weight is 455 g/mol. The molecule has 0 saturated heterocycles. The van der Waals surface area contributed by atoms with Crippen molar-refractivity contribution in [2.75, 3.05) is 12.4 Å². The number of methoxy groups -OCH3 is 1. The number of carbonyl (C=O) groups is 1. The largest absolute Gasteiger partial charge is 0.585 e. The summed E-state index contributed by atoms with van der Waals surface area (Å²) in [5.74, 6) is 0.886. The second kappa shape index (κ2) is 7.83. The minimum Gasteiger partial charge on any atom is -0.481 e. The first kappa shape index (κ1) is 21.4. The normalized spacial score (nSPS) is 19.7. The van der Waals surface area contributed by atoms with Gasteiger partial charge in [0.05, 0.1) is 18.2 Å². The van der Waals surface area contributed by atoms with Crippen molar-refractivity contribution in [3.63, 3.8) is 0 Å². The SMILES string of the molecule is CCc1ccc(NC(=O)C2(C3=CC4=C(CC3)OC(F)(F)O4)CC2)nc1-c1ccc(OC)nc1. The summed E-state index contributed by atoms with van der Waals surface area (Å²) in [6, 6.07) is 7.35. The number of aromatic nitrogens is 2. The number of anilines is 1. The Balaban J connectivity index is 1.38. The van der Waals surface area contributed by atoms with Crippen molar-refractivity contribution in [1.29, 1.82) is 0 Å². The Morgan fingerprint density at radius 1 is 1.18 bits per heavy atom. The molecule has 1 amide bonds. The smallest absolute Gasteiger partial charge is 0.481 e. The van der Waals surface area contributed by atoms with Gasteiger partial charge in [0.1, 0.15) is 11.6 Å². The van der Waals surface area contributed by atoms with Crippen LogP contribution in [0.2, 0.25) is 0 Å². The lowest BCUT2D eigenvalue weighted by atomic mass is 9.87. The van der Waals surface area contributed by atoms with Crippen LogP contribution in [0.25, 0.3) is 11.3 Å². The minimum absolute atomic E-state index is 0.0139. The molecule has 1 saturated carbocycles. The number of aryl methyl sites for hydroxylation is 1. The maximum atomic E-state index is 13.4. The van der Waals surface area contributed by atoms with Gasteiger partial charge in [-0.15, -0.1) is 8.78 Å². The van der Waals surface area contributed by atoms with Crippen LogP contribution in [0, 0.1) is 5.41 Å². The van der Waals surface area contributed by atoms with Crippen molar-refractivity contribution in [1.82, 2.24) is 9.97 Å². The predicted octanol–water partition coefficient (Wildman–Crippen LogP) is 4.96. The molecule has 33 heavy (non-hydrogen) atoms. The van der Waals surface area contributed by atoms with E-state index in [4.69, 9.17) is 4.74 Å². The number of nitrogens with zero attached hydrogens (tertiary/aromatic N) is 2. The molecule has 2 aromatic rings. The molecule has 172 valence electrons. The van der Waals surface area contributed by atoms with Gasteiger partial charge in [0, 0.05) is 24.2 Å². The van der Waals surface area contributed by atoms with Crippen LogP contribution in [0.3, 0.4) is 0 Å². The summed E-state index contributed by atoms with van der Waals surface area (Å²) in [7, 11) is 1.55. The molecule has 1 N–H and O–H groups in total. The van der Waals surface area contributed by atoms with Crippen molar-refractivity contribution >= 4 is 11.7 Å². The van der Waals surface area contributed by atoms with Crippen molar-refractivity contribution < 1.29 is 27.8 Å². The maximum Gasteiger partial charge on any atom is 0.585 e. The number of hydrogen-bond acceptors (Lipinski definition) is 6. The lowest BCUT2D eigenvalue weighted by Crippen LogP contribution is -2.27. The van der Waals surface area contributed by atoms with Gasteiger partial charge in [0.15, 0.2) is 5.76 Å². The quantitative estimate of drug-likeness (QED) is 0.663. The van der Waals surface area contributed by atoms with Gasteiger partial charge in [0.2, 0.25) is 11.8 Å². The highest BCUT2D eigenvalue weighted by molar-refractivity contribution is 5.99. The van der Waals surface area contributed by atoms with E-state index in [0.717, 1.165) is 28.8 Å². The summed E-state index contributed by atoms with van der Waals surface area (Å²) >= 11 is 0. The molecule has 1 fully saturated rings. The van der Waals surface area contributed by atoms with E-state index >= 15 is 0 Å². The number of rotatable bonds is 6. The summed E-state index contributed by atoms with van der Waals surface area (Å²) < 4.78 is 41.1. The average Bonchev–Trinajstić information content (AvgIpc) is 3.56. The summed E-state index contributed by atoms with van der Waals surface area (Å²) in [6.45, 7) is 2.03. The van der Waals surface area contributed by atoms with Crippen LogP contribution in [-0.2, 0) is 20.7 Å². The number of nitrogens with one attached hydrogen (secondary N) is 1. The van der Waals surface area contributed by atoms with E-state index in [1.807, 2.05) is 19.1 Å². The molecule has 0 spiro atoms. The Morgan fingerprint density at radius 2 is 2.00 bits per heavy atom. The first-order chi connectivity index (χ1) is 15.8. The Bertz CT molecular complexity index is 1170. The van der Waals surface area contributed by atoms with E-state index in [1.165, 1.54) is 6.08 Å². The molecule has 2 aromatic heterocycles. The monoisotopic (exact) mass is 455 g/mol. The van der Waals surface area contributed by atoms with Crippen LogP contribution in [0.1, 0.15) is 38.2 Å². The van der Waals surface area contributed by atoms with Crippen molar-refractivity contribution in [3.8, 4) is 17.1 Å². The second-order valence-electron chi connectivity index (χ2n) is 8.31. The van der Waals surface area contributed by atoms with Crippen LogP contribution in [-0.4, -0.2) is 29.3 Å². The van der Waals surface area contributed by atoms with E-state index < -0.39 is 11.7 Å². The van der Waals surface area contributed by atoms with Crippen LogP contribution < -0.4 is 10.1 Å². The molecule has 0 bridgehead atoms. The first-order valence-corrected chi connectivity index (χ1v) is 10.9. The Kier molecular flexibility index (Phi) is 5.07. The number of amides is 1. The van der Waals surface area contributed by atoms with Gasteiger partial charge in [-0.25, -0.2) is 9.97 Å². The van der Waals surface area contributed by atoms with Crippen LogP contribution in [0.4, 0.5) is 14.6 Å². The highest BCUT2D eigenvalue weighted by Crippen LogP contribution is 2.56. The van der Waals surface area contributed by atoms with E-state index in [2.05, 4.69) is 24.8 Å². The standard InChI is InChI=1S/C24H23F2N3O4/c1-3-14-4-8-19(28-21(14)15-5-9-20(31-2)27-13-15)29-22(30)23(10-11-23)16-6-7-17-18(12-16)33-24(25,26)32-17/h4-5,8-9,12-13H,3,6-7,10-11H2,1-2H3,(H,28,29,30). The predicted molar refractivity (Wildman–Crippen MR) is 115 cm³/mol. The number of carbonyl (C=O) groups excluding carboxylic acids is 1. The number of allylic oxidation sites excluding steroid dienone is 2. The fourth-order valence-electron chi connectivity index (χ4n) is 4.33. The van der Waals surface area contributed by atoms with Gasteiger partial charge in [-0.3, -0.25) is 4.79 Å². The molecule has 0 atom stereocenters. The molecule has 7 nitrogen and oxygen atoms in total. The van der Waals surface area contributed by atoms with Gasteiger partial charge in [-0.05, 0) is 49.5 Å². The fourth-order valence-corrected chi connectivity index (χ4v) is 4.33. The van der Waals surface area contributed by atoms with Gasteiger partial charge in [0.25, 0.3) is 0 Å². The molecular weight excluding hydrogens is 432 g/mol. The molecule has 3 heterocycles. The number of pyridine rings is 2. The summed E-state index contributed by atoms with van der Waals surface area (Å²) in [5.41, 5.74) is 2.63. The summed E-state index contributed by atoms with van der Waals surface area (Å²) in [4.78, 5) is 22.2. The Morgan fingerprint density at radius 3 is 2.67 bits per heavy atom. The van der Waals surface area contributed by atoms with E-state index in [0.29, 0.717) is 31.0 Å². The zero-order valence-corrected chi connectivity index (χ0v) is 18.3. The molecular formula is C24H23F2N3O4. The molecule has 3 aliphatic rings.